The molecule has 0 aliphatic rings. The van der Waals surface area contributed by atoms with Gasteiger partial charge in [0.15, 0.2) is 6.61 Å². The number of amides is 1. The van der Waals surface area contributed by atoms with Crippen LogP contribution in [-0.4, -0.2) is 42.4 Å². The first kappa shape index (κ1) is 20.5. The molecule has 1 amide bonds. The molecule has 0 bridgehead atoms. The van der Waals surface area contributed by atoms with E-state index in [4.69, 9.17) is 30.3 Å². The number of nitrogens with zero attached hydrogens (tertiary/aromatic N) is 2. The monoisotopic (exact) mass is 417 g/mol. The Hall–Kier alpha value is -3.26. The molecule has 0 saturated heterocycles. The number of hydrogen-bond acceptors (Lipinski definition) is 7. The van der Waals surface area contributed by atoms with Crippen LogP contribution in [-0.2, 0) is 4.79 Å². The maximum atomic E-state index is 11.9. The zero-order valence-corrected chi connectivity index (χ0v) is 16.5. The van der Waals surface area contributed by atoms with E-state index >= 15 is 0 Å². The van der Waals surface area contributed by atoms with Crippen LogP contribution in [0, 0.1) is 0 Å². The van der Waals surface area contributed by atoms with Crippen LogP contribution in [0.2, 0.25) is 5.02 Å². The Morgan fingerprint density at radius 3 is 2.52 bits per heavy atom. The van der Waals surface area contributed by atoms with Crippen LogP contribution in [0.15, 0.2) is 53.1 Å². The predicted molar refractivity (Wildman–Crippen MR) is 106 cm³/mol. The van der Waals surface area contributed by atoms with Crippen LogP contribution < -0.4 is 19.5 Å². The number of nitrogens with one attached hydrogen (secondary N) is 1. The minimum Gasteiger partial charge on any atom is -0.494 e. The van der Waals surface area contributed by atoms with Crippen molar-refractivity contribution in [1.29, 1.82) is 0 Å². The molecule has 0 saturated carbocycles. The Labute approximate surface area is 172 Å². The number of benzene rings is 2. The van der Waals surface area contributed by atoms with E-state index in [-0.39, 0.29) is 24.4 Å². The van der Waals surface area contributed by atoms with Crippen molar-refractivity contribution in [3.8, 4) is 29.0 Å². The lowest BCUT2D eigenvalue weighted by molar-refractivity contribution is -0.123. The van der Waals surface area contributed by atoms with Gasteiger partial charge in [0.25, 0.3) is 5.91 Å². The van der Waals surface area contributed by atoms with E-state index in [0.29, 0.717) is 36.1 Å². The molecular weight excluding hydrogens is 398 g/mol. The molecule has 0 fully saturated rings. The summed E-state index contributed by atoms with van der Waals surface area (Å²) in [5.41, 5.74) is 0.614. The molecule has 1 heterocycles. The fraction of sp³-hybridized carbons (Fsp3) is 0.250. The van der Waals surface area contributed by atoms with Crippen molar-refractivity contribution in [2.24, 2.45) is 0 Å². The lowest BCUT2D eigenvalue weighted by Gasteiger charge is -2.08. The van der Waals surface area contributed by atoms with Crippen LogP contribution in [0.3, 0.4) is 0 Å². The quantitative estimate of drug-likeness (QED) is 0.505. The van der Waals surface area contributed by atoms with Gasteiger partial charge in [-0.2, -0.15) is 4.98 Å². The molecule has 8 nitrogen and oxygen atoms in total. The molecule has 29 heavy (non-hydrogen) atoms. The normalized spacial score (nSPS) is 10.4. The lowest BCUT2D eigenvalue weighted by atomic mass is 10.2. The fourth-order valence-corrected chi connectivity index (χ4v) is 2.58. The molecule has 0 aliphatic carbocycles. The molecule has 9 heteroatoms. The zero-order valence-electron chi connectivity index (χ0n) is 15.8. The number of aromatic nitrogens is 2. The number of rotatable bonds is 10. The third kappa shape index (κ3) is 6.11. The van der Waals surface area contributed by atoms with Crippen LogP contribution in [0.1, 0.15) is 6.92 Å². The Balaban J connectivity index is 1.37. The fourth-order valence-electron chi connectivity index (χ4n) is 2.36. The summed E-state index contributed by atoms with van der Waals surface area (Å²) >= 11 is 6.09. The van der Waals surface area contributed by atoms with E-state index in [0.717, 1.165) is 5.75 Å². The Kier molecular flexibility index (Phi) is 7.29. The van der Waals surface area contributed by atoms with Gasteiger partial charge < -0.3 is 19.5 Å². The highest BCUT2D eigenvalue weighted by Gasteiger charge is 2.13. The van der Waals surface area contributed by atoms with Gasteiger partial charge in [-0.15, -0.1) is 0 Å². The van der Waals surface area contributed by atoms with Gasteiger partial charge in [-0.05, 0) is 43.3 Å². The molecule has 152 valence electrons. The topological polar surface area (TPSA) is 95.7 Å². The number of ether oxygens (including phenoxy) is 3. The molecule has 0 unspecified atom stereocenters. The van der Waals surface area contributed by atoms with Gasteiger partial charge in [-0.25, -0.2) is 0 Å². The third-order valence-electron chi connectivity index (χ3n) is 3.68. The minimum atomic E-state index is -0.335. The molecule has 3 rings (SSSR count). The Bertz CT molecular complexity index is 930. The first-order chi connectivity index (χ1) is 14.2. The van der Waals surface area contributed by atoms with Gasteiger partial charge in [0, 0.05) is 5.56 Å². The molecule has 1 N–H and O–H groups in total. The second-order valence-corrected chi connectivity index (χ2v) is 6.16. The smallest absolute Gasteiger partial charge is 0.418 e. The van der Waals surface area contributed by atoms with E-state index in [2.05, 4.69) is 15.5 Å². The van der Waals surface area contributed by atoms with Crippen LogP contribution in [0.4, 0.5) is 0 Å². The van der Waals surface area contributed by atoms with Gasteiger partial charge in [0.05, 0.1) is 18.2 Å². The average Bonchev–Trinajstić information content (AvgIpc) is 3.20. The number of carbonyl (C=O) groups is 1. The first-order valence-corrected chi connectivity index (χ1v) is 9.37. The number of hydrogen-bond donors (Lipinski definition) is 1. The summed E-state index contributed by atoms with van der Waals surface area (Å²) in [6.07, 6.45) is -0.110. The molecule has 1 aromatic heterocycles. The minimum absolute atomic E-state index is 0.110. The SMILES string of the molecule is CCOc1ccc(OCCNC(=O)COc2nc(-c3ccccc3Cl)no2)cc1. The zero-order chi connectivity index (χ0) is 20.5. The van der Waals surface area contributed by atoms with Crippen molar-refractivity contribution >= 4 is 17.5 Å². The summed E-state index contributed by atoms with van der Waals surface area (Å²) in [4.78, 5) is 15.9. The van der Waals surface area contributed by atoms with Crippen molar-refractivity contribution in [3.63, 3.8) is 0 Å². The maximum absolute atomic E-state index is 11.9. The van der Waals surface area contributed by atoms with Crippen LogP contribution in [0.5, 0.6) is 17.6 Å². The average molecular weight is 418 g/mol. The van der Waals surface area contributed by atoms with E-state index in [9.17, 15) is 4.79 Å². The van der Waals surface area contributed by atoms with Crippen molar-refractivity contribution in [2.75, 3.05) is 26.4 Å². The molecule has 0 spiro atoms. The standard InChI is InChI=1S/C20H20ClN3O5/c1-2-26-14-7-9-15(10-8-14)27-12-11-22-18(25)13-28-20-23-19(24-29-20)16-5-3-4-6-17(16)21/h3-10H,2,11-13H2,1H3,(H,22,25). The summed E-state index contributed by atoms with van der Waals surface area (Å²) in [5, 5.41) is 6.96. The highest BCUT2D eigenvalue weighted by Crippen LogP contribution is 2.26. The van der Waals surface area contributed by atoms with Gasteiger partial charge in [-0.3, -0.25) is 9.32 Å². The summed E-state index contributed by atoms with van der Waals surface area (Å²) in [6.45, 7) is 2.92. The van der Waals surface area contributed by atoms with Crippen molar-refractivity contribution in [2.45, 2.75) is 6.92 Å². The third-order valence-corrected chi connectivity index (χ3v) is 4.01. The van der Waals surface area contributed by atoms with Gasteiger partial charge >= 0.3 is 6.08 Å². The number of carbonyl (C=O) groups excluding carboxylic acids is 1. The van der Waals surface area contributed by atoms with Crippen molar-refractivity contribution in [3.05, 3.63) is 53.6 Å². The molecule has 0 atom stereocenters. The molecular formula is C20H20ClN3O5. The second-order valence-electron chi connectivity index (χ2n) is 5.76. The highest BCUT2D eigenvalue weighted by atomic mass is 35.5. The predicted octanol–water partition coefficient (Wildman–Crippen LogP) is 3.36. The Morgan fingerprint density at radius 2 is 1.79 bits per heavy atom. The summed E-state index contributed by atoms with van der Waals surface area (Å²) in [5.74, 6) is 1.42. The van der Waals surface area contributed by atoms with Gasteiger partial charge in [-0.1, -0.05) is 28.9 Å². The summed E-state index contributed by atoms with van der Waals surface area (Å²) in [6, 6.07) is 14.3. The van der Waals surface area contributed by atoms with E-state index in [1.54, 1.807) is 24.3 Å². The summed E-state index contributed by atoms with van der Waals surface area (Å²) in [7, 11) is 0. The first-order valence-electron chi connectivity index (χ1n) is 8.99. The molecule has 0 aliphatic heterocycles. The molecule has 3 aromatic rings. The van der Waals surface area contributed by atoms with Gasteiger partial charge in [0.2, 0.25) is 5.82 Å². The number of halogens is 1. The van der Waals surface area contributed by atoms with E-state index in [1.807, 2.05) is 31.2 Å². The highest BCUT2D eigenvalue weighted by molar-refractivity contribution is 6.33. The van der Waals surface area contributed by atoms with Crippen LogP contribution >= 0.6 is 11.6 Å². The molecule has 2 aromatic carbocycles. The van der Waals surface area contributed by atoms with Crippen molar-refractivity contribution < 1.29 is 23.5 Å². The second kappa shape index (κ2) is 10.3. The largest absolute Gasteiger partial charge is 0.494 e. The van der Waals surface area contributed by atoms with E-state index in [1.165, 1.54) is 0 Å². The van der Waals surface area contributed by atoms with Crippen molar-refractivity contribution in [1.82, 2.24) is 15.5 Å². The van der Waals surface area contributed by atoms with Crippen LogP contribution in [0.25, 0.3) is 11.4 Å². The lowest BCUT2D eigenvalue weighted by Crippen LogP contribution is -2.32. The molecule has 0 radical (unpaired) electrons. The summed E-state index contributed by atoms with van der Waals surface area (Å²) < 4.78 is 21.1. The Morgan fingerprint density at radius 1 is 1.07 bits per heavy atom. The van der Waals surface area contributed by atoms with E-state index < -0.39 is 0 Å². The van der Waals surface area contributed by atoms with Gasteiger partial charge in [0.1, 0.15) is 18.1 Å². The maximum Gasteiger partial charge on any atom is 0.418 e.